The van der Waals surface area contributed by atoms with Crippen molar-refractivity contribution >= 4 is 45.9 Å². The number of nitrogens with zero attached hydrogens (tertiary/aromatic N) is 1. The van der Waals surface area contributed by atoms with E-state index in [1.807, 2.05) is 24.3 Å². The minimum absolute atomic E-state index is 0. The lowest BCUT2D eigenvalue weighted by atomic mass is 10.1. The predicted molar refractivity (Wildman–Crippen MR) is 128 cm³/mol. The highest BCUT2D eigenvalue weighted by Gasteiger charge is 2.10. The maximum Gasteiger partial charge on any atom is 0.191 e. The van der Waals surface area contributed by atoms with Crippen molar-refractivity contribution in [1.82, 2.24) is 10.6 Å². The van der Waals surface area contributed by atoms with Crippen LogP contribution in [-0.2, 0) is 13.0 Å². The number of rotatable bonds is 8. The summed E-state index contributed by atoms with van der Waals surface area (Å²) in [7, 11) is 6.67. The zero-order valence-corrected chi connectivity index (χ0v) is 20.5. The van der Waals surface area contributed by atoms with Gasteiger partial charge >= 0.3 is 0 Å². The fourth-order valence-electron chi connectivity index (χ4n) is 2.60. The van der Waals surface area contributed by atoms with Crippen molar-refractivity contribution in [2.45, 2.75) is 13.0 Å². The van der Waals surface area contributed by atoms with Gasteiger partial charge in [0.25, 0.3) is 0 Å². The first-order chi connectivity index (χ1) is 13.1. The van der Waals surface area contributed by atoms with E-state index < -0.39 is 0 Å². The lowest BCUT2D eigenvalue weighted by Crippen LogP contribution is -2.37. The van der Waals surface area contributed by atoms with Gasteiger partial charge in [0.1, 0.15) is 5.75 Å². The van der Waals surface area contributed by atoms with E-state index in [0.717, 1.165) is 34.7 Å². The molecule has 28 heavy (non-hydrogen) atoms. The van der Waals surface area contributed by atoms with E-state index in [-0.39, 0.29) is 24.0 Å². The summed E-state index contributed by atoms with van der Waals surface area (Å²) in [4.78, 5) is 4.27. The number of methoxy groups -OCH3 is 3. The Morgan fingerprint density at radius 1 is 0.964 bits per heavy atom. The van der Waals surface area contributed by atoms with Crippen LogP contribution in [0.4, 0.5) is 0 Å². The second-order valence-corrected chi connectivity index (χ2v) is 6.62. The molecule has 0 spiro atoms. The summed E-state index contributed by atoms with van der Waals surface area (Å²) in [6.45, 7) is 1.39. The zero-order chi connectivity index (χ0) is 19.6. The van der Waals surface area contributed by atoms with E-state index in [1.54, 1.807) is 28.4 Å². The fourth-order valence-corrected chi connectivity index (χ4v) is 3.25. The van der Waals surface area contributed by atoms with E-state index in [4.69, 9.17) is 14.2 Å². The van der Waals surface area contributed by atoms with Crippen molar-refractivity contribution < 1.29 is 14.2 Å². The first kappa shape index (κ1) is 24.4. The van der Waals surface area contributed by atoms with E-state index in [1.165, 1.54) is 5.56 Å². The summed E-state index contributed by atoms with van der Waals surface area (Å²) in [5, 5.41) is 6.63. The predicted octanol–water partition coefficient (Wildman–Crippen LogP) is 4.00. The van der Waals surface area contributed by atoms with Crippen LogP contribution in [-0.4, -0.2) is 40.9 Å². The van der Waals surface area contributed by atoms with Crippen LogP contribution in [0.25, 0.3) is 0 Å². The topological polar surface area (TPSA) is 64.1 Å². The van der Waals surface area contributed by atoms with Crippen molar-refractivity contribution in [3.63, 3.8) is 0 Å². The molecule has 8 heteroatoms. The highest BCUT2D eigenvalue weighted by molar-refractivity contribution is 14.0. The van der Waals surface area contributed by atoms with Crippen LogP contribution in [0, 0.1) is 0 Å². The second-order valence-electron chi connectivity index (χ2n) is 5.76. The third-order valence-electron chi connectivity index (χ3n) is 4.04. The number of benzene rings is 2. The van der Waals surface area contributed by atoms with Gasteiger partial charge in [-0.2, -0.15) is 0 Å². The maximum absolute atomic E-state index is 5.38. The van der Waals surface area contributed by atoms with Gasteiger partial charge < -0.3 is 24.8 Å². The molecule has 0 radical (unpaired) electrons. The van der Waals surface area contributed by atoms with Gasteiger partial charge in [-0.25, -0.2) is 0 Å². The molecule has 0 bridgehead atoms. The molecule has 0 aliphatic rings. The minimum Gasteiger partial charge on any atom is -0.497 e. The molecule has 0 unspecified atom stereocenters. The van der Waals surface area contributed by atoms with Gasteiger partial charge in [-0.1, -0.05) is 12.1 Å². The number of hydrogen-bond acceptors (Lipinski definition) is 4. The summed E-state index contributed by atoms with van der Waals surface area (Å²) in [5.74, 6) is 2.98. The van der Waals surface area contributed by atoms with E-state index in [2.05, 4.69) is 43.7 Å². The Balaban J connectivity index is 0.00000392. The third-order valence-corrected chi connectivity index (χ3v) is 4.63. The Kier molecular flexibility index (Phi) is 11.1. The first-order valence-corrected chi connectivity index (χ1v) is 9.38. The van der Waals surface area contributed by atoms with Crippen LogP contribution in [0.2, 0.25) is 0 Å². The Morgan fingerprint density at radius 2 is 1.68 bits per heavy atom. The number of ether oxygens (including phenoxy) is 3. The van der Waals surface area contributed by atoms with Crippen LogP contribution in [0.1, 0.15) is 11.1 Å². The van der Waals surface area contributed by atoms with Crippen molar-refractivity contribution in [2.75, 3.05) is 34.9 Å². The number of aliphatic imine (C=N–C) groups is 1. The molecule has 6 nitrogen and oxygen atoms in total. The van der Waals surface area contributed by atoms with Crippen LogP contribution in [0.15, 0.2) is 45.9 Å². The molecule has 0 amide bonds. The molecular formula is C20H27BrIN3O3. The van der Waals surface area contributed by atoms with Gasteiger partial charge in [0.15, 0.2) is 17.5 Å². The van der Waals surface area contributed by atoms with Crippen LogP contribution in [0.3, 0.4) is 0 Å². The lowest BCUT2D eigenvalue weighted by molar-refractivity contribution is 0.352. The monoisotopic (exact) mass is 563 g/mol. The molecule has 0 fully saturated rings. The third kappa shape index (κ3) is 7.05. The number of guanidine groups is 1. The van der Waals surface area contributed by atoms with Gasteiger partial charge in [-0.3, -0.25) is 4.99 Å². The molecule has 0 heterocycles. The number of halogens is 2. The van der Waals surface area contributed by atoms with Gasteiger partial charge in [-0.15, -0.1) is 24.0 Å². The number of nitrogens with one attached hydrogen (secondary N) is 2. The van der Waals surface area contributed by atoms with E-state index >= 15 is 0 Å². The molecule has 0 saturated carbocycles. The van der Waals surface area contributed by atoms with Gasteiger partial charge in [0.05, 0.1) is 25.8 Å². The van der Waals surface area contributed by atoms with Gasteiger partial charge in [-0.05, 0) is 57.7 Å². The molecule has 0 aromatic heterocycles. The Bertz CT molecular complexity index is 770. The van der Waals surface area contributed by atoms with Crippen molar-refractivity contribution in [3.8, 4) is 17.2 Å². The van der Waals surface area contributed by atoms with Gasteiger partial charge in [0.2, 0.25) is 0 Å². The van der Waals surface area contributed by atoms with Gasteiger partial charge in [0, 0.05) is 20.1 Å². The maximum atomic E-state index is 5.38. The SMILES string of the molecule is CN=C(NCCc1ccc(OC)cc1)NCc1cc(Br)c(OC)c(OC)c1.I. The van der Waals surface area contributed by atoms with E-state index in [0.29, 0.717) is 18.0 Å². The quantitative estimate of drug-likeness (QED) is 0.289. The Labute approximate surface area is 192 Å². The molecule has 2 N–H and O–H groups in total. The minimum atomic E-state index is 0. The van der Waals surface area contributed by atoms with Crippen LogP contribution in [0.5, 0.6) is 17.2 Å². The summed E-state index contributed by atoms with van der Waals surface area (Å²) in [5.41, 5.74) is 2.29. The molecule has 0 aliphatic carbocycles. The Morgan fingerprint density at radius 3 is 2.25 bits per heavy atom. The molecule has 2 aromatic rings. The average Bonchev–Trinajstić information content (AvgIpc) is 2.70. The molecule has 0 aliphatic heterocycles. The summed E-state index contributed by atoms with van der Waals surface area (Å²) < 4.78 is 16.8. The highest BCUT2D eigenvalue weighted by atomic mass is 127. The lowest BCUT2D eigenvalue weighted by Gasteiger charge is -2.15. The summed E-state index contributed by atoms with van der Waals surface area (Å²) in [6, 6.07) is 12.0. The first-order valence-electron chi connectivity index (χ1n) is 8.59. The highest BCUT2D eigenvalue weighted by Crippen LogP contribution is 2.36. The summed E-state index contributed by atoms with van der Waals surface area (Å²) in [6.07, 6.45) is 0.895. The zero-order valence-electron chi connectivity index (χ0n) is 16.5. The van der Waals surface area contributed by atoms with Crippen LogP contribution < -0.4 is 24.8 Å². The van der Waals surface area contributed by atoms with E-state index in [9.17, 15) is 0 Å². The molecule has 0 atom stereocenters. The van der Waals surface area contributed by atoms with Crippen molar-refractivity contribution in [3.05, 3.63) is 52.0 Å². The molecule has 0 saturated heterocycles. The molecular weight excluding hydrogens is 537 g/mol. The Hall–Kier alpha value is -1.68. The molecule has 154 valence electrons. The molecule has 2 rings (SSSR count). The molecule has 2 aromatic carbocycles. The normalized spacial score (nSPS) is 10.7. The fraction of sp³-hybridized carbons (Fsp3) is 0.350. The van der Waals surface area contributed by atoms with Crippen molar-refractivity contribution in [2.24, 2.45) is 4.99 Å². The van der Waals surface area contributed by atoms with Crippen LogP contribution >= 0.6 is 39.9 Å². The summed E-state index contributed by atoms with van der Waals surface area (Å²) >= 11 is 3.51. The smallest absolute Gasteiger partial charge is 0.191 e. The standard InChI is InChI=1S/C20H26BrN3O3.HI/c1-22-20(23-10-9-14-5-7-16(25-2)8-6-14)24-13-15-11-17(21)19(27-4)18(12-15)26-3;/h5-8,11-12H,9-10,13H2,1-4H3,(H2,22,23,24);1H. The number of hydrogen-bond donors (Lipinski definition) is 2. The average molecular weight is 564 g/mol. The largest absolute Gasteiger partial charge is 0.497 e. The van der Waals surface area contributed by atoms with Crippen molar-refractivity contribution in [1.29, 1.82) is 0 Å². The second kappa shape index (κ2) is 12.7.